The number of carbonyl (C=O) groups excluding carboxylic acids is 2. The smallest absolute Gasteiger partial charge is 0.250 e. The van der Waals surface area contributed by atoms with Crippen LogP contribution < -0.4 is 15.8 Å². The highest BCUT2D eigenvalue weighted by atomic mass is 16.5. The molecule has 2 rings (SSSR count). The number of methoxy groups -OCH3 is 1. The first-order valence-electron chi connectivity index (χ1n) is 6.42. The van der Waals surface area contributed by atoms with Crippen molar-refractivity contribution in [1.82, 2.24) is 0 Å². The van der Waals surface area contributed by atoms with Crippen LogP contribution in [-0.4, -0.2) is 18.9 Å². The minimum Gasteiger partial charge on any atom is -0.497 e. The summed E-state index contributed by atoms with van der Waals surface area (Å²) < 4.78 is 5.11. The maximum atomic E-state index is 12.1. The summed E-state index contributed by atoms with van der Waals surface area (Å²) in [6.45, 7) is 0. The molecule has 0 heterocycles. The van der Waals surface area contributed by atoms with Gasteiger partial charge in [-0.05, 0) is 29.8 Å². The van der Waals surface area contributed by atoms with Crippen LogP contribution in [0.3, 0.4) is 0 Å². The molecule has 0 saturated carbocycles. The fourth-order valence-corrected chi connectivity index (χ4v) is 1.97. The van der Waals surface area contributed by atoms with Gasteiger partial charge in [0.05, 0.1) is 24.8 Å². The lowest BCUT2D eigenvalue weighted by Gasteiger charge is -2.09. The molecule has 0 aliphatic carbocycles. The highest BCUT2D eigenvalue weighted by Crippen LogP contribution is 2.16. The summed E-state index contributed by atoms with van der Waals surface area (Å²) in [5.41, 5.74) is 6.80. The SMILES string of the molecule is COc1cccc(CC(=O)Nc2ccccc2C(N)=O)c1. The van der Waals surface area contributed by atoms with Crippen LogP contribution in [0.1, 0.15) is 15.9 Å². The number of nitrogens with two attached hydrogens (primary N) is 1. The third-order valence-electron chi connectivity index (χ3n) is 2.97. The second kappa shape index (κ2) is 6.56. The topological polar surface area (TPSA) is 81.4 Å². The van der Waals surface area contributed by atoms with E-state index in [-0.39, 0.29) is 17.9 Å². The van der Waals surface area contributed by atoms with Crippen molar-refractivity contribution in [1.29, 1.82) is 0 Å². The molecule has 0 spiro atoms. The van der Waals surface area contributed by atoms with Gasteiger partial charge in [0.25, 0.3) is 5.91 Å². The van der Waals surface area contributed by atoms with Gasteiger partial charge in [0.2, 0.25) is 5.91 Å². The van der Waals surface area contributed by atoms with Crippen LogP contribution in [0.15, 0.2) is 48.5 Å². The number of anilines is 1. The molecule has 0 fully saturated rings. The van der Waals surface area contributed by atoms with E-state index in [2.05, 4.69) is 5.32 Å². The predicted molar refractivity (Wildman–Crippen MR) is 80.3 cm³/mol. The van der Waals surface area contributed by atoms with Crippen LogP contribution in [0.4, 0.5) is 5.69 Å². The Bertz CT molecular complexity index is 668. The van der Waals surface area contributed by atoms with Gasteiger partial charge in [0.15, 0.2) is 0 Å². The highest BCUT2D eigenvalue weighted by molar-refractivity contribution is 6.03. The lowest BCUT2D eigenvalue weighted by molar-refractivity contribution is -0.115. The molecule has 0 radical (unpaired) electrons. The van der Waals surface area contributed by atoms with Crippen molar-refractivity contribution in [2.24, 2.45) is 5.73 Å². The second-order valence-electron chi connectivity index (χ2n) is 4.49. The van der Waals surface area contributed by atoms with Crippen molar-refractivity contribution in [3.63, 3.8) is 0 Å². The average Bonchev–Trinajstić information content (AvgIpc) is 2.47. The van der Waals surface area contributed by atoms with E-state index in [1.54, 1.807) is 37.4 Å². The number of primary amides is 1. The van der Waals surface area contributed by atoms with E-state index in [1.165, 1.54) is 0 Å². The van der Waals surface area contributed by atoms with E-state index in [9.17, 15) is 9.59 Å². The number of amides is 2. The molecule has 2 aromatic carbocycles. The maximum Gasteiger partial charge on any atom is 0.250 e. The van der Waals surface area contributed by atoms with Crippen LogP contribution in [-0.2, 0) is 11.2 Å². The van der Waals surface area contributed by atoms with E-state index >= 15 is 0 Å². The normalized spacial score (nSPS) is 9.95. The Morgan fingerprint density at radius 2 is 1.90 bits per heavy atom. The number of rotatable bonds is 5. The van der Waals surface area contributed by atoms with E-state index in [0.717, 1.165) is 5.56 Å². The molecule has 0 aromatic heterocycles. The van der Waals surface area contributed by atoms with Crippen molar-refractivity contribution < 1.29 is 14.3 Å². The summed E-state index contributed by atoms with van der Waals surface area (Å²) >= 11 is 0. The molecule has 2 aromatic rings. The minimum atomic E-state index is -0.577. The van der Waals surface area contributed by atoms with Gasteiger partial charge < -0.3 is 15.8 Å². The zero-order chi connectivity index (χ0) is 15.2. The average molecular weight is 284 g/mol. The summed E-state index contributed by atoms with van der Waals surface area (Å²) in [6, 6.07) is 13.9. The lowest BCUT2D eigenvalue weighted by Crippen LogP contribution is -2.19. The number of carbonyl (C=O) groups is 2. The Kier molecular flexibility index (Phi) is 4.56. The fourth-order valence-electron chi connectivity index (χ4n) is 1.97. The Hall–Kier alpha value is -2.82. The van der Waals surface area contributed by atoms with Gasteiger partial charge in [-0.15, -0.1) is 0 Å². The molecule has 108 valence electrons. The number of benzene rings is 2. The molecule has 0 unspecified atom stereocenters. The van der Waals surface area contributed by atoms with Crippen LogP contribution in [0.2, 0.25) is 0 Å². The standard InChI is InChI=1S/C16H16N2O3/c1-21-12-6-4-5-11(9-12)10-15(19)18-14-8-3-2-7-13(14)16(17)20/h2-9H,10H2,1H3,(H2,17,20)(H,18,19). The second-order valence-corrected chi connectivity index (χ2v) is 4.49. The Morgan fingerprint density at radius 3 is 2.62 bits per heavy atom. The predicted octanol–water partition coefficient (Wildman–Crippen LogP) is 1.98. The third kappa shape index (κ3) is 3.82. The van der Waals surface area contributed by atoms with E-state index in [4.69, 9.17) is 10.5 Å². The molecule has 0 bridgehead atoms. The van der Waals surface area contributed by atoms with Crippen LogP contribution in [0.25, 0.3) is 0 Å². The molecule has 2 amide bonds. The Morgan fingerprint density at radius 1 is 1.14 bits per heavy atom. The number of nitrogens with one attached hydrogen (secondary N) is 1. The highest BCUT2D eigenvalue weighted by Gasteiger charge is 2.10. The Balaban J connectivity index is 2.10. The molecule has 3 N–H and O–H groups in total. The first-order valence-corrected chi connectivity index (χ1v) is 6.42. The van der Waals surface area contributed by atoms with Crippen molar-refractivity contribution in [2.45, 2.75) is 6.42 Å². The summed E-state index contributed by atoms with van der Waals surface area (Å²) in [5.74, 6) is -0.109. The first kappa shape index (κ1) is 14.6. The quantitative estimate of drug-likeness (QED) is 0.880. The van der Waals surface area contributed by atoms with Crippen LogP contribution >= 0.6 is 0 Å². The number of ether oxygens (including phenoxy) is 1. The van der Waals surface area contributed by atoms with Gasteiger partial charge in [0, 0.05) is 0 Å². The zero-order valence-electron chi connectivity index (χ0n) is 11.6. The zero-order valence-corrected chi connectivity index (χ0v) is 11.6. The molecule has 21 heavy (non-hydrogen) atoms. The van der Waals surface area contributed by atoms with Crippen LogP contribution in [0, 0.1) is 0 Å². The van der Waals surface area contributed by atoms with Gasteiger partial charge in [-0.1, -0.05) is 24.3 Å². The van der Waals surface area contributed by atoms with E-state index in [1.807, 2.05) is 18.2 Å². The van der Waals surface area contributed by atoms with E-state index in [0.29, 0.717) is 11.4 Å². The monoisotopic (exact) mass is 284 g/mol. The molecule has 0 aliphatic heterocycles. The number of hydrogen-bond donors (Lipinski definition) is 2. The molecule has 0 aliphatic rings. The third-order valence-corrected chi connectivity index (χ3v) is 2.97. The molecule has 5 heteroatoms. The number of para-hydroxylation sites is 1. The minimum absolute atomic E-state index is 0.185. The van der Waals surface area contributed by atoms with Gasteiger partial charge in [0.1, 0.15) is 5.75 Å². The van der Waals surface area contributed by atoms with Crippen molar-refractivity contribution in [3.05, 3.63) is 59.7 Å². The molecule has 0 saturated heterocycles. The molecular weight excluding hydrogens is 268 g/mol. The molecule has 5 nitrogen and oxygen atoms in total. The molecular formula is C16H16N2O3. The van der Waals surface area contributed by atoms with Crippen LogP contribution in [0.5, 0.6) is 5.75 Å². The van der Waals surface area contributed by atoms with Crippen molar-refractivity contribution in [2.75, 3.05) is 12.4 Å². The fraction of sp³-hybridized carbons (Fsp3) is 0.125. The van der Waals surface area contributed by atoms with Gasteiger partial charge in [-0.25, -0.2) is 0 Å². The number of hydrogen-bond acceptors (Lipinski definition) is 3. The van der Waals surface area contributed by atoms with Gasteiger partial charge >= 0.3 is 0 Å². The largest absolute Gasteiger partial charge is 0.497 e. The summed E-state index contributed by atoms with van der Waals surface area (Å²) in [4.78, 5) is 23.4. The van der Waals surface area contributed by atoms with Crippen molar-refractivity contribution in [3.8, 4) is 5.75 Å². The first-order chi connectivity index (χ1) is 10.1. The maximum absolute atomic E-state index is 12.1. The summed E-state index contributed by atoms with van der Waals surface area (Å²) in [5, 5.41) is 2.70. The summed E-state index contributed by atoms with van der Waals surface area (Å²) in [7, 11) is 1.57. The van der Waals surface area contributed by atoms with Crippen molar-refractivity contribution >= 4 is 17.5 Å². The van der Waals surface area contributed by atoms with E-state index < -0.39 is 5.91 Å². The van der Waals surface area contributed by atoms with Gasteiger partial charge in [-0.3, -0.25) is 9.59 Å². The molecule has 0 atom stereocenters. The Labute approximate surface area is 122 Å². The summed E-state index contributed by atoms with van der Waals surface area (Å²) in [6.07, 6.45) is 0.185. The van der Waals surface area contributed by atoms with Gasteiger partial charge in [-0.2, -0.15) is 0 Å². The lowest BCUT2D eigenvalue weighted by atomic mass is 10.1.